The molecule has 37 heavy (non-hydrogen) atoms. The van der Waals surface area contributed by atoms with Gasteiger partial charge in [-0.25, -0.2) is 5.84 Å². The standard InChI is InChI=1S/C29H44N6O2/c1-4-5-6-7-8-9-10-17-32-22(3)23-15-18-34(19-16-23)24-12-13-26(30)25(20-24)29(37)35(31)27-14-11-21(2)33-28(27)36/h4,12-13,20,23,27,32H,1-3,5-11,14-19,30-31H2,(H,33,36). The number of unbranched alkanes of at least 4 members (excludes halogenated alkanes) is 5. The lowest BCUT2D eigenvalue weighted by Crippen LogP contribution is -2.55. The maximum Gasteiger partial charge on any atom is 0.270 e. The highest BCUT2D eigenvalue weighted by Gasteiger charge is 2.32. The number of benzene rings is 1. The summed E-state index contributed by atoms with van der Waals surface area (Å²) in [6, 6.07) is 4.72. The van der Waals surface area contributed by atoms with Crippen LogP contribution in [0.1, 0.15) is 74.6 Å². The molecule has 0 aliphatic carbocycles. The van der Waals surface area contributed by atoms with E-state index in [2.05, 4.69) is 35.3 Å². The molecule has 0 aromatic heterocycles. The number of hydrazine groups is 1. The highest BCUT2D eigenvalue weighted by atomic mass is 16.2. The molecule has 8 heteroatoms. The van der Waals surface area contributed by atoms with Crippen molar-refractivity contribution in [2.75, 3.05) is 30.3 Å². The van der Waals surface area contributed by atoms with Gasteiger partial charge < -0.3 is 21.3 Å². The van der Waals surface area contributed by atoms with Crippen molar-refractivity contribution in [2.24, 2.45) is 11.8 Å². The second kappa shape index (κ2) is 13.9. The van der Waals surface area contributed by atoms with Crippen LogP contribution in [0.5, 0.6) is 0 Å². The van der Waals surface area contributed by atoms with Gasteiger partial charge in [0.1, 0.15) is 6.04 Å². The largest absolute Gasteiger partial charge is 0.398 e. The average molecular weight is 509 g/mol. The zero-order valence-corrected chi connectivity index (χ0v) is 22.1. The minimum atomic E-state index is -0.743. The molecule has 1 unspecified atom stereocenters. The number of amides is 2. The summed E-state index contributed by atoms with van der Waals surface area (Å²) in [7, 11) is 0. The summed E-state index contributed by atoms with van der Waals surface area (Å²) in [5.74, 6) is 5.76. The molecule has 1 atom stereocenters. The number of carbonyl (C=O) groups excluding carboxylic acids is 2. The summed E-state index contributed by atoms with van der Waals surface area (Å²) in [6.07, 6.45) is 12.3. The Bertz CT molecular complexity index is 983. The van der Waals surface area contributed by atoms with Crippen molar-refractivity contribution in [2.45, 2.75) is 70.3 Å². The zero-order chi connectivity index (χ0) is 26.8. The SMILES string of the molecule is C=CCCCCCCCNC(=C)C1CCN(c2ccc(N)c(C(=O)N(N)C3CCC(=C)NC3=O)c2)CC1. The topological polar surface area (TPSA) is 117 Å². The molecule has 0 bridgehead atoms. The zero-order valence-electron chi connectivity index (χ0n) is 22.1. The summed E-state index contributed by atoms with van der Waals surface area (Å²) >= 11 is 0. The molecule has 2 fully saturated rings. The predicted molar refractivity (Wildman–Crippen MR) is 151 cm³/mol. The van der Waals surface area contributed by atoms with Gasteiger partial charge >= 0.3 is 0 Å². The summed E-state index contributed by atoms with van der Waals surface area (Å²) < 4.78 is 0. The Balaban J connectivity index is 1.48. The smallest absolute Gasteiger partial charge is 0.270 e. The van der Waals surface area contributed by atoms with E-state index in [1.54, 1.807) is 12.1 Å². The first kappa shape index (κ1) is 28.3. The first-order valence-corrected chi connectivity index (χ1v) is 13.6. The predicted octanol–water partition coefficient (Wildman–Crippen LogP) is 4.22. The molecule has 0 saturated carbocycles. The number of hydrogen-bond donors (Lipinski definition) is 4. The summed E-state index contributed by atoms with van der Waals surface area (Å²) in [5, 5.41) is 7.22. The van der Waals surface area contributed by atoms with Gasteiger partial charge in [0.05, 0.1) is 5.56 Å². The minimum Gasteiger partial charge on any atom is -0.398 e. The number of nitrogen functional groups attached to an aromatic ring is 1. The van der Waals surface area contributed by atoms with Crippen molar-refractivity contribution in [3.63, 3.8) is 0 Å². The molecular weight excluding hydrogens is 464 g/mol. The first-order chi connectivity index (χ1) is 17.8. The second-order valence-electron chi connectivity index (χ2n) is 10.2. The van der Waals surface area contributed by atoms with E-state index in [0.717, 1.165) is 55.3 Å². The van der Waals surface area contributed by atoms with Gasteiger partial charge in [-0.2, -0.15) is 0 Å². The van der Waals surface area contributed by atoms with Crippen molar-refractivity contribution in [3.05, 3.63) is 61.0 Å². The second-order valence-corrected chi connectivity index (χ2v) is 10.2. The molecule has 202 valence electrons. The lowest BCUT2D eigenvalue weighted by molar-refractivity contribution is -0.126. The first-order valence-electron chi connectivity index (χ1n) is 13.6. The number of allylic oxidation sites excluding steroid dienone is 3. The number of piperidine rings is 2. The van der Waals surface area contributed by atoms with Crippen molar-refractivity contribution in [1.82, 2.24) is 15.6 Å². The van der Waals surface area contributed by atoms with Crippen LogP contribution >= 0.6 is 0 Å². The minimum absolute atomic E-state index is 0.315. The Labute approximate surface area is 221 Å². The maximum atomic E-state index is 13.2. The van der Waals surface area contributed by atoms with E-state index in [1.165, 1.54) is 32.1 Å². The third-order valence-corrected chi connectivity index (χ3v) is 7.45. The van der Waals surface area contributed by atoms with Crippen LogP contribution in [-0.2, 0) is 4.79 Å². The molecule has 1 aromatic carbocycles. The van der Waals surface area contributed by atoms with E-state index >= 15 is 0 Å². The lowest BCUT2D eigenvalue weighted by atomic mass is 9.93. The van der Waals surface area contributed by atoms with E-state index < -0.39 is 11.9 Å². The van der Waals surface area contributed by atoms with Crippen LogP contribution in [0.25, 0.3) is 0 Å². The van der Waals surface area contributed by atoms with Gasteiger partial charge in [-0.15, -0.1) is 6.58 Å². The number of nitrogens with zero attached hydrogens (tertiary/aromatic N) is 2. The Hall–Kier alpha value is -3.26. The van der Waals surface area contributed by atoms with E-state index in [-0.39, 0.29) is 5.91 Å². The van der Waals surface area contributed by atoms with Crippen LogP contribution < -0.4 is 27.1 Å². The summed E-state index contributed by atoms with van der Waals surface area (Å²) in [5.41, 5.74) is 9.51. The van der Waals surface area contributed by atoms with Crippen LogP contribution in [0.3, 0.4) is 0 Å². The molecule has 2 aliphatic heterocycles. The third-order valence-electron chi connectivity index (χ3n) is 7.45. The monoisotopic (exact) mass is 508 g/mol. The molecular formula is C29H44N6O2. The van der Waals surface area contributed by atoms with E-state index in [4.69, 9.17) is 11.6 Å². The van der Waals surface area contributed by atoms with Crippen molar-refractivity contribution >= 4 is 23.2 Å². The average Bonchev–Trinajstić information content (AvgIpc) is 2.89. The Morgan fingerprint density at radius 3 is 2.57 bits per heavy atom. The van der Waals surface area contributed by atoms with Gasteiger partial charge in [0, 0.05) is 48.3 Å². The molecule has 2 aliphatic rings. The van der Waals surface area contributed by atoms with Gasteiger partial charge in [-0.3, -0.25) is 14.6 Å². The number of rotatable bonds is 13. The molecule has 0 spiro atoms. The normalized spacial score (nSPS) is 18.3. The van der Waals surface area contributed by atoms with Crippen LogP contribution in [0.15, 0.2) is 55.4 Å². The lowest BCUT2D eigenvalue weighted by Gasteiger charge is -2.35. The van der Waals surface area contributed by atoms with Crippen LogP contribution in [-0.4, -0.2) is 42.5 Å². The highest BCUT2D eigenvalue weighted by molar-refractivity contribution is 6.02. The van der Waals surface area contributed by atoms with E-state index in [0.29, 0.717) is 35.7 Å². The Morgan fingerprint density at radius 1 is 1.16 bits per heavy atom. The van der Waals surface area contributed by atoms with E-state index in [9.17, 15) is 9.59 Å². The molecule has 3 rings (SSSR count). The Kier molecular flexibility index (Phi) is 10.6. The van der Waals surface area contributed by atoms with Gasteiger partial charge in [0.2, 0.25) is 5.91 Å². The number of nitrogens with two attached hydrogens (primary N) is 2. The fourth-order valence-electron chi connectivity index (χ4n) is 5.06. The fraction of sp³-hybridized carbons (Fsp3) is 0.517. The fourth-order valence-corrected chi connectivity index (χ4v) is 5.06. The van der Waals surface area contributed by atoms with Gasteiger partial charge in [-0.05, 0) is 63.1 Å². The van der Waals surface area contributed by atoms with E-state index in [1.807, 2.05) is 12.1 Å². The van der Waals surface area contributed by atoms with Crippen LogP contribution in [0.2, 0.25) is 0 Å². The third kappa shape index (κ3) is 7.86. The van der Waals surface area contributed by atoms with Crippen LogP contribution in [0, 0.1) is 5.92 Å². The number of hydrogen-bond acceptors (Lipinski definition) is 6. The molecule has 2 saturated heterocycles. The summed E-state index contributed by atoms with van der Waals surface area (Å²) in [4.78, 5) is 27.7. The molecule has 2 amide bonds. The molecule has 6 N–H and O–H groups in total. The number of anilines is 2. The van der Waals surface area contributed by atoms with Gasteiger partial charge in [0.25, 0.3) is 5.91 Å². The quantitative estimate of drug-likeness (QED) is 0.0791. The molecule has 8 nitrogen and oxygen atoms in total. The van der Waals surface area contributed by atoms with Gasteiger partial charge in [0.15, 0.2) is 0 Å². The van der Waals surface area contributed by atoms with Gasteiger partial charge in [-0.1, -0.05) is 38.5 Å². The van der Waals surface area contributed by atoms with Crippen molar-refractivity contribution in [1.29, 1.82) is 0 Å². The molecule has 2 heterocycles. The summed E-state index contributed by atoms with van der Waals surface area (Å²) in [6.45, 7) is 14.6. The van der Waals surface area contributed by atoms with Crippen molar-refractivity contribution in [3.8, 4) is 0 Å². The Morgan fingerprint density at radius 2 is 1.86 bits per heavy atom. The number of carbonyl (C=O) groups is 2. The maximum absolute atomic E-state index is 13.2. The molecule has 1 aromatic rings. The highest BCUT2D eigenvalue weighted by Crippen LogP contribution is 2.29. The van der Waals surface area contributed by atoms with Crippen LogP contribution in [0.4, 0.5) is 11.4 Å². The number of nitrogens with one attached hydrogen (secondary N) is 2. The molecule has 0 radical (unpaired) electrons. The van der Waals surface area contributed by atoms with Crippen molar-refractivity contribution < 1.29 is 9.59 Å².